The molecule has 1 aliphatic carbocycles. The molecule has 1 atom stereocenters. The molecular weight excluding hydrogens is 248 g/mol. The van der Waals surface area contributed by atoms with Crippen LogP contribution in [0.5, 0.6) is 0 Å². The Bertz CT molecular complexity index is 390. The highest BCUT2D eigenvalue weighted by atomic mass is 16.5. The van der Waals surface area contributed by atoms with Crippen molar-refractivity contribution >= 4 is 17.8 Å². The number of amides is 2. The van der Waals surface area contributed by atoms with Gasteiger partial charge in [-0.3, -0.25) is 24.2 Å². The van der Waals surface area contributed by atoms with Crippen LogP contribution >= 0.6 is 0 Å². The molecule has 2 amide bonds. The molecule has 6 nitrogen and oxygen atoms in total. The molecule has 0 spiro atoms. The first-order valence-electron chi connectivity index (χ1n) is 6.67. The predicted molar refractivity (Wildman–Crippen MR) is 67.2 cm³/mol. The van der Waals surface area contributed by atoms with Gasteiger partial charge >= 0.3 is 5.97 Å². The molecule has 1 heterocycles. The largest absolute Gasteiger partial charge is 0.468 e. The normalized spacial score (nSPS) is 24.6. The molecule has 2 fully saturated rings. The van der Waals surface area contributed by atoms with E-state index in [1.54, 1.807) is 0 Å². The Hall–Kier alpha value is -1.43. The van der Waals surface area contributed by atoms with Crippen LogP contribution in [0.25, 0.3) is 0 Å². The van der Waals surface area contributed by atoms with Gasteiger partial charge in [-0.1, -0.05) is 12.8 Å². The second-order valence-corrected chi connectivity index (χ2v) is 5.20. The third-order valence-corrected chi connectivity index (χ3v) is 4.09. The third kappa shape index (κ3) is 2.78. The lowest BCUT2D eigenvalue weighted by Crippen LogP contribution is -2.48. The number of ether oxygens (including phenoxy) is 1. The summed E-state index contributed by atoms with van der Waals surface area (Å²) in [6, 6.07) is -0.299. The summed E-state index contributed by atoms with van der Waals surface area (Å²) in [4.78, 5) is 38.3. The fraction of sp³-hybridized carbons (Fsp3) is 0.769. The van der Waals surface area contributed by atoms with Crippen molar-refractivity contribution in [1.29, 1.82) is 0 Å². The molecule has 0 radical (unpaired) electrons. The first-order chi connectivity index (χ1) is 9.04. The molecule has 1 saturated heterocycles. The molecule has 0 aromatic heterocycles. The SMILES string of the molecule is COC(=O)CN(C1CCCC1)C1CC(=O)N(C)C1=O. The molecule has 0 N–H and O–H groups in total. The maximum absolute atomic E-state index is 12.1. The second-order valence-electron chi connectivity index (χ2n) is 5.20. The van der Waals surface area contributed by atoms with E-state index < -0.39 is 6.04 Å². The highest BCUT2D eigenvalue weighted by molar-refractivity contribution is 6.05. The summed E-state index contributed by atoms with van der Waals surface area (Å²) in [5.41, 5.74) is 0. The molecular formula is C13H20N2O4. The monoisotopic (exact) mass is 268 g/mol. The van der Waals surface area contributed by atoms with Gasteiger partial charge in [0.25, 0.3) is 0 Å². The lowest BCUT2D eigenvalue weighted by molar-refractivity contribution is -0.144. The van der Waals surface area contributed by atoms with Crippen molar-refractivity contribution in [3.8, 4) is 0 Å². The van der Waals surface area contributed by atoms with Gasteiger partial charge < -0.3 is 4.74 Å². The van der Waals surface area contributed by atoms with Gasteiger partial charge in [-0.25, -0.2) is 0 Å². The van der Waals surface area contributed by atoms with Crippen molar-refractivity contribution in [2.24, 2.45) is 0 Å². The summed E-state index contributed by atoms with van der Waals surface area (Å²) < 4.78 is 4.70. The standard InChI is InChI=1S/C13H20N2O4/c1-14-11(16)7-10(13(14)18)15(8-12(17)19-2)9-5-3-4-6-9/h9-10H,3-8H2,1-2H3. The van der Waals surface area contributed by atoms with Crippen molar-refractivity contribution in [3.63, 3.8) is 0 Å². The number of methoxy groups -OCH3 is 1. The van der Waals surface area contributed by atoms with Crippen LogP contribution in [0.15, 0.2) is 0 Å². The highest BCUT2D eigenvalue weighted by Crippen LogP contribution is 2.28. The number of rotatable bonds is 4. The maximum Gasteiger partial charge on any atom is 0.319 e. The van der Waals surface area contributed by atoms with Crippen LogP contribution in [0, 0.1) is 0 Å². The molecule has 0 aromatic rings. The van der Waals surface area contributed by atoms with Crippen LogP contribution in [-0.4, -0.2) is 60.4 Å². The Balaban J connectivity index is 2.14. The van der Waals surface area contributed by atoms with Crippen molar-refractivity contribution in [1.82, 2.24) is 9.80 Å². The number of nitrogens with zero attached hydrogens (tertiary/aromatic N) is 2. The summed E-state index contributed by atoms with van der Waals surface area (Å²) in [5.74, 6) is -0.745. The van der Waals surface area contributed by atoms with Gasteiger partial charge in [0.1, 0.15) is 0 Å². The molecule has 1 saturated carbocycles. The van der Waals surface area contributed by atoms with Crippen LogP contribution in [-0.2, 0) is 19.1 Å². The van der Waals surface area contributed by atoms with E-state index in [0.717, 1.165) is 30.6 Å². The lowest BCUT2D eigenvalue weighted by atomic mass is 10.1. The second kappa shape index (κ2) is 5.69. The molecule has 0 bridgehead atoms. The van der Waals surface area contributed by atoms with Gasteiger partial charge in [0.05, 0.1) is 26.1 Å². The third-order valence-electron chi connectivity index (χ3n) is 4.09. The van der Waals surface area contributed by atoms with Gasteiger partial charge in [0, 0.05) is 13.1 Å². The van der Waals surface area contributed by atoms with E-state index in [4.69, 9.17) is 4.74 Å². The van der Waals surface area contributed by atoms with E-state index in [-0.39, 0.29) is 36.8 Å². The molecule has 2 aliphatic rings. The Morgan fingerprint density at radius 1 is 1.37 bits per heavy atom. The zero-order valence-electron chi connectivity index (χ0n) is 11.4. The molecule has 6 heteroatoms. The van der Waals surface area contributed by atoms with Crippen molar-refractivity contribution < 1.29 is 19.1 Å². The molecule has 106 valence electrons. The number of carbonyl (C=O) groups is 3. The quantitative estimate of drug-likeness (QED) is 0.537. The number of carbonyl (C=O) groups excluding carboxylic acids is 3. The zero-order chi connectivity index (χ0) is 14.0. The number of imide groups is 1. The molecule has 19 heavy (non-hydrogen) atoms. The number of esters is 1. The van der Waals surface area contributed by atoms with E-state index in [0.29, 0.717) is 0 Å². The van der Waals surface area contributed by atoms with Gasteiger partial charge in [-0.2, -0.15) is 0 Å². The van der Waals surface area contributed by atoms with E-state index >= 15 is 0 Å². The average Bonchev–Trinajstić information content (AvgIpc) is 3.01. The maximum atomic E-state index is 12.1. The minimum Gasteiger partial charge on any atom is -0.468 e. The minimum atomic E-state index is -0.500. The average molecular weight is 268 g/mol. The molecule has 0 aromatic carbocycles. The fourth-order valence-electron chi connectivity index (χ4n) is 2.94. The number of likely N-dealkylation sites (N-methyl/N-ethyl adjacent to an activating group) is 1. The summed E-state index contributed by atoms with van der Waals surface area (Å²) in [5, 5.41) is 0. The zero-order valence-corrected chi connectivity index (χ0v) is 11.4. The fourth-order valence-corrected chi connectivity index (χ4v) is 2.94. The van der Waals surface area contributed by atoms with Crippen LogP contribution in [0.3, 0.4) is 0 Å². The first-order valence-corrected chi connectivity index (χ1v) is 6.67. The van der Waals surface area contributed by atoms with E-state index in [9.17, 15) is 14.4 Å². The Labute approximate surface area is 112 Å². The predicted octanol–water partition coefficient (Wildman–Crippen LogP) is 0.161. The van der Waals surface area contributed by atoms with Crippen molar-refractivity contribution in [2.45, 2.75) is 44.2 Å². The van der Waals surface area contributed by atoms with Crippen LogP contribution < -0.4 is 0 Å². The Morgan fingerprint density at radius 2 is 2.00 bits per heavy atom. The smallest absolute Gasteiger partial charge is 0.319 e. The summed E-state index contributed by atoms with van der Waals surface area (Å²) in [6.07, 6.45) is 4.32. The topological polar surface area (TPSA) is 66.9 Å². The summed E-state index contributed by atoms with van der Waals surface area (Å²) in [7, 11) is 2.83. The van der Waals surface area contributed by atoms with Gasteiger partial charge in [0.15, 0.2) is 0 Å². The van der Waals surface area contributed by atoms with E-state index in [2.05, 4.69) is 0 Å². The Kier molecular flexibility index (Phi) is 4.19. The minimum absolute atomic E-state index is 0.0820. The van der Waals surface area contributed by atoms with Crippen molar-refractivity contribution in [2.75, 3.05) is 20.7 Å². The number of hydrogen-bond donors (Lipinski definition) is 0. The highest BCUT2D eigenvalue weighted by Gasteiger charge is 2.43. The number of likely N-dealkylation sites (tertiary alicyclic amines) is 1. The van der Waals surface area contributed by atoms with Gasteiger partial charge in [0.2, 0.25) is 11.8 Å². The molecule has 1 aliphatic heterocycles. The molecule has 2 rings (SSSR count). The lowest BCUT2D eigenvalue weighted by Gasteiger charge is -2.31. The van der Waals surface area contributed by atoms with Gasteiger partial charge in [-0.05, 0) is 12.8 Å². The van der Waals surface area contributed by atoms with E-state index in [1.165, 1.54) is 14.2 Å². The summed E-state index contributed by atoms with van der Waals surface area (Å²) >= 11 is 0. The number of hydrogen-bond acceptors (Lipinski definition) is 5. The Morgan fingerprint density at radius 3 is 2.47 bits per heavy atom. The van der Waals surface area contributed by atoms with Crippen LogP contribution in [0.2, 0.25) is 0 Å². The van der Waals surface area contributed by atoms with E-state index in [1.807, 2.05) is 4.90 Å². The summed E-state index contributed by atoms with van der Waals surface area (Å²) in [6.45, 7) is 0.0820. The first kappa shape index (κ1) is 14.0. The molecule has 1 unspecified atom stereocenters. The van der Waals surface area contributed by atoms with Crippen LogP contribution in [0.4, 0.5) is 0 Å². The van der Waals surface area contributed by atoms with Gasteiger partial charge in [-0.15, -0.1) is 0 Å². The van der Waals surface area contributed by atoms with Crippen molar-refractivity contribution in [3.05, 3.63) is 0 Å². The van der Waals surface area contributed by atoms with Crippen LogP contribution in [0.1, 0.15) is 32.1 Å².